The molecule has 0 bridgehead atoms. The van der Waals surface area contributed by atoms with Crippen molar-refractivity contribution in [2.45, 2.75) is 25.2 Å². The maximum atomic E-state index is 12.9. The molecule has 0 radical (unpaired) electrons. The van der Waals surface area contributed by atoms with Crippen molar-refractivity contribution >= 4 is 27.5 Å². The Morgan fingerprint density at radius 3 is 2.63 bits per heavy atom. The number of carbonyl (C=O) groups excluding carboxylic acids is 1. The van der Waals surface area contributed by atoms with Gasteiger partial charge in [0, 0.05) is 28.4 Å². The molecule has 2 heterocycles. The number of Topliss-reactive ketones (excluding diaryl/α,β-unsaturated/α-hetero) is 1. The third kappa shape index (κ3) is 2.94. The van der Waals surface area contributed by atoms with Crippen LogP contribution in [-0.2, 0) is 4.79 Å². The molecule has 1 atom stereocenters. The Hall–Kier alpha value is -2.91. The maximum absolute atomic E-state index is 12.9. The summed E-state index contributed by atoms with van der Waals surface area (Å²) in [6.07, 6.45) is 3.66. The van der Waals surface area contributed by atoms with E-state index in [4.69, 9.17) is 5.73 Å². The molecule has 6 heteroatoms. The topological polar surface area (TPSA) is 83.0 Å². The predicted molar refractivity (Wildman–Crippen MR) is 106 cm³/mol. The van der Waals surface area contributed by atoms with E-state index in [0.717, 1.165) is 28.6 Å². The van der Waals surface area contributed by atoms with Crippen molar-refractivity contribution < 1.29 is 4.79 Å². The average molecular weight is 421 g/mol. The molecule has 0 fully saturated rings. The smallest absolute Gasteiger partial charge is 0.161 e. The number of ketones is 1. The highest BCUT2D eigenvalue weighted by atomic mass is 79.9. The number of nitriles is 1. The highest BCUT2D eigenvalue weighted by molar-refractivity contribution is 9.10. The SMILES string of the molecule is N#CC1=C(N)N(c2ccc(Br)cn2)C2=C(C(=O)CCC2)[C@H]1c1ccccc1. The average Bonchev–Trinajstić information content (AvgIpc) is 2.69. The molecule has 2 aliphatic rings. The fraction of sp³-hybridized carbons (Fsp3) is 0.190. The third-order valence-electron chi connectivity index (χ3n) is 4.99. The van der Waals surface area contributed by atoms with Gasteiger partial charge in [-0.2, -0.15) is 5.26 Å². The summed E-state index contributed by atoms with van der Waals surface area (Å²) in [5.41, 5.74) is 9.29. The van der Waals surface area contributed by atoms with Gasteiger partial charge in [0.25, 0.3) is 0 Å². The molecule has 1 aromatic carbocycles. The number of nitrogens with zero attached hydrogens (tertiary/aromatic N) is 3. The Bertz CT molecular complexity index is 1000. The van der Waals surface area contributed by atoms with Crippen molar-refractivity contribution in [2.75, 3.05) is 4.90 Å². The van der Waals surface area contributed by atoms with Gasteiger partial charge in [0.1, 0.15) is 11.6 Å². The highest BCUT2D eigenvalue weighted by Crippen LogP contribution is 2.45. The minimum Gasteiger partial charge on any atom is -0.384 e. The highest BCUT2D eigenvalue weighted by Gasteiger charge is 2.40. The van der Waals surface area contributed by atoms with Crippen LogP contribution < -0.4 is 10.6 Å². The second-order valence-corrected chi connectivity index (χ2v) is 7.48. The second kappa shape index (κ2) is 7.01. The van der Waals surface area contributed by atoms with Crippen molar-refractivity contribution in [3.8, 4) is 6.07 Å². The molecular formula is C21H17BrN4O. The molecular weight excluding hydrogens is 404 g/mol. The monoisotopic (exact) mass is 420 g/mol. The maximum Gasteiger partial charge on any atom is 0.161 e. The van der Waals surface area contributed by atoms with Crippen molar-refractivity contribution in [1.82, 2.24) is 4.98 Å². The summed E-state index contributed by atoms with van der Waals surface area (Å²) in [6, 6.07) is 15.6. The number of hydrogen-bond donors (Lipinski definition) is 1. The van der Waals surface area contributed by atoms with E-state index in [1.54, 1.807) is 11.1 Å². The van der Waals surface area contributed by atoms with E-state index in [1.807, 2.05) is 42.5 Å². The molecule has 0 spiro atoms. The van der Waals surface area contributed by atoms with Crippen LogP contribution in [0.25, 0.3) is 0 Å². The normalized spacial score (nSPS) is 19.8. The van der Waals surface area contributed by atoms with Gasteiger partial charge in [-0.3, -0.25) is 9.69 Å². The van der Waals surface area contributed by atoms with E-state index < -0.39 is 5.92 Å². The van der Waals surface area contributed by atoms with Gasteiger partial charge in [-0.05, 0) is 46.5 Å². The molecule has 0 unspecified atom stereocenters. The van der Waals surface area contributed by atoms with Gasteiger partial charge >= 0.3 is 0 Å². The standard InChI is InChI=1S/C21H17BrN4O/c22-14-9-10-18(25-12-14)26-16-7-4-8-17(27)20(16)19(15(11-23)21(26)24)13-5-2-1-3-6-13/h1-3,5-6,9-10,12,19H,4,7-8,24H2/t19-/m0/s1. The molecule has 0 saturated heterocycles. The van der Waals surface area contributed by atoms with Crippen LogP contribution in [0.2, 0.25) is 0 Å². The Labute approximate surface area is 165 Å². The van der Waals surface area contributed by atoms with Crippen LogP contribution in [-0.4, -0.2) is 10.8 Å². The number of carbonyl (C=O) groups is 1. The number of allylic oxidation sites excluding steroid dienone is 3. The summed E-state index contributed by atoms with van der Waals surface area (Å²) in [6.45, 7) is 0. The number of nitrogens with two attached hydrogens (primary N) is 1. The first kappa shape index (κ1) is 17.5. The van der Waals surface area contributed by atoms with Gasteiger partial charge in [0.15, 0.2) is 5.78 Å². The summed E-state index contributed by atoms with van der Waals surface area (Å²) in [5.74, 6) is 0.602. The minimum atomic E-state index is -0.425. The van der Waals surface area contributed by atoms with E-state index in [9.17, 15) is 10.1 Å². The molecule has 27 heavy (non-hydrogen) atoms. The number of aromatic nitrogens is 1. The van der Waals surface area contributed by atoms with E-state index in [2.05, 4.69) is 27.0 Å². The van der Waals surface area contributed by atoms with Crippen LogP contribution in [0.4, 0.5) is 5.82 Å². The third-order valence-corrected chi connectivity index (χ3v) is 5.46. The lowest BCUT2D eigenvalue weighted by Crippen LogP contribution is -2.39. The fourth-order valence-electron chi connectivity index (χ4n) is 3.83. The lowest BCUT2D eigenvalue weighted by atomic mass is 9.75. The first-order chi connectivity index (χ1) is 13.1. The molecule has 2 N–H and O–H groups in total. The quantitative estimate of drug-likeness (QED) is 0.788. The van der Waals surface area contributed by atoms with Gasteiger partial charge in [0.05, 0.1) is 17.6 Å². The van der Waals surface area contributed by atoms with Crippen molar-refractivity contribution in [3.63, 3.8) is 0 Å². The van der Waals surface area contributed by atoms with E-state index in [-0.39, 0.29) is 5.78 Å². The van der Waals surface area contributed by atoms with Crippen LogP contribution in [0, 0.1) is 11.3 Å². The van der Waals surface area contributed by atoms with Gasteiger partial charge < -0.3 is 5.73 Å². The van der Waals surface area contributed by atoms with Crippen LogP contribution >= 0.6 is 15.9 Å². The predicted octanol–water partition coefficient (Wildman–Crippen LogP) is 4.15. The van der Waals surface area contributed by atoms with E-state index in [0.29, 0.717) is 29.2 Å². The molecule has 1 aliphatic carbocycles. The Kier molecular flexibility index (Phi) is 4.54. The summed E-state index contributed by atoms with van der Waals surface area (Å²) in [4.78, 5) is 19.1. The van der Waals surface area contributed by atoms with E-state index in [1.165, 1.54) is 0 Å². The molecule has 1 aromatic heterocycles. The minimum absolute atomic E-state index is 0.0764. The molecule has 0 saturated carbocycles. The number of hydrogen-bond acceptors (Lipinski definition) is 5. The molecule has 4 rings (SSSR count). The second-order valence-electron chi connectivity index (χ2n) is 6.56. The summed E-state index contributed by atoms with van der Waals surface area (Å²) < 4.78 is 0.849. The molecule has 134 valence electrons. The lowest BCUT2D eigenvalue weighted by molar-refractivity contribution is -0.116. The van der Waals surface area contributed by atoms with Crippen LogP contribution in [0.15, 0.2) is 75.8 Å². The molecule has 2 aromatic rings. The first-order valence-corrected chi connectivity index (χ1v) is 9.53. The van der Waals surface area contributed by atoms with E-state index >= 15 is 0 Å². The summed E-state index contributed by atoms with van der Waals surface area (Å²) in [5, 5.41) is 9.90. The molecule has 0 amide bonds. The Balaban J connectivity index is 1.96. The number of pyridine rings is 1. The number of rotatable bonds is 2. The van der Waals surface area contributed by atoms with Gasteiger partial charge in [-0.1, -0.05) is 30.3 Å². The number of benzene rings is 1. The van der Waals surface area contributed by atoms with Crippen LogP contribution in [0.1, 0.15) is 30.7 Å². The largest absolute Gasteiger partial charge is 0.384 e. The Morgan fingerprint density at radius 1 is 1.19 bits per heavy atom. The summed E-state index contributed by atoms with van der Waals surface area (Å²) in [7, 11) is 0. The number of anilines is 1. The van der Waals surface area contributed by atoms with Gasteiger partial charge in [-0.15, -0.1) is 0 Å². The first-order valence-electron chi connectivity index (χ1n) is 8.74. The van der Waals surface area contributed by atoms with Crippen molar-refractivity contribution in [3.05, 3.63) is 81.4 Å². The van der Waals surface area contributed by atoms with Crippen LogP contribution in [0.3, 0.4) is 0 Å². The lowest BCUT2D eigenvalue weighted by Gasteiger charge is -2.39. The zero-order valence-electron chi connectivity index (χ0n) is 14.5. The fourth-order valence-corrected chi connectivity index (χ4v) is 4.06. The zero-order valence-corrected chi connectivity index (χ0v) is 16.1. The zero-order chi connectivity index (χ0) is 19.0. The van der Waals surface area contributed by atoms with Crippen LogP contribution in [0.5, 0.6) is 0 Å². The van der Waals surface area contributed by atoms with Gasteiger partial charge in [-0.25, -0.2) is 4.98 Å². The number of halogens is 1. The van der Waals surface area contributed by atoms with Crippen molar-refractivity contribution in [2.24, 2.45) is 5.73 Å². The summed E-state index contributed by atoms with van der Waals surface area (Å²) >= 11 is 3.39. The molecule has 1 aliphatic heterocycles. The molecule has 5 nitrogen and oxygen atoms in total. The van der Waals surface area contributed by atoms with Crippen molar-refractivity contribution in [1.29, 1.82) is 5.26 Å². The Morgan fingerprint density at radius 2 is 1.96 bits per heavy atom. The van der Waals surface area contributed by atoms with Gasteiger partial charge in [0.2, 0.25) is 0 Å².